The summed E-state index contributed by atoms with van der Waals surface area (Å²) in [4.78, 5) is 10.2. The van der Waals surface area contributed by atoms with E-state index in [4.69, 9.17) is 11.5 Å². The zero-order valence-electron chi connectivity index (χ0n) is 9.84. The van der Waals surface area contributed by atoms with Crippen molar-refractivity contribution in [3.63, 3.8) is 0 Å². The molecule has 0 spiro atoms. The largest absolute Gasteiger partial charge is 0.330 e. The number of hydrogen-bond acceptors (Lipinski definition) is 4. The average Bonchev–Trinajstić information content (AvgIpc) is 2.28. The van der Waals surface area contributed by atoms with Gasteiger partial charge in [0.2, 0.25) is 0 Å². The fourth-order valence-electron chi connectivity index (χ4n) is 1.65. The molecule has 0 unspecified atom stereocenters. The third-order valence-corrected chi connectivity index (χ3v) is 2.55. The Morgan fingerprint density at radius 2 is 2.06 bits per heavy atom. The number of benzene rings is 1. The van der Waals surface area contributed by atoms with Crippen molar-refractivity contribution in [3.8, 4) is 0 Å². The van der Waals surface area contributed by atoms with Gasteiger partial charge in [0.1, 0.15) is 5.82 Å². The lowest BCUT2D eigenvalue weighted by atomic mass is 10.00. The molecule has 0 heterocycles. The minimum absolute atomic E-state index is 0. The molecule has 1 aromatic rings. The van der Waals surface area contributed by atoms with E-state index in [1.54, 1.807) is 0 Å². The Bertz CT molecular complexity index is 404. The molecular formula is C11H17ClFN3O2. The summed E-state index contributed by atoms with van der Waals surface area (Å²) in [5, 5.41) is 10.8. The number of halogens is 2. The second-order valence-corrected chi connectivity index (χ2v) is 3.85. The van der Waals surface area contributed by atoms with E-state index in [0.717, 1.165) is 31.0 Å². The van der Waals surface area contributed by atoms with Crippen molar-refractivity contribution in [2.45, 2.75) is 25.3 Å². The first-order valence-corrected chi connectivity index (χ1v) is 5.45. The monoisotopic (exact) mass is 277 g/mol. The predicted octanol–water partition coefficient (Wildman–Crippen LogP) is 2.28. The molecule has 0 amide bonds. The van der Waals surface area contributed by atoms with E-state index in [1.807, 2.05) is 0 Å². The molecule has 1 rings (SSSR count). The molecule has 0 radical (unpaired) electrons. The highest BCUT2D eigenvalue weighted by Crippen LogP contribution is 2.27. The van der Waals surface area contributed by atoms with Crippen LogP contribution in [0.1, 0.15) is 30.9 Å². The maximum Gasteiger partial charge on any atom is 0.274 e. The SMILES string of the molecule is Cl.NCCCC[C@H](N)c1cc(F)ccc1[N+](=O)[O-]. The van der Waals surface area contributed by atoms with Crippen molar-refractivity contribution >= 4 is 18.1 Å². The number of nitrogens with two attached hydrogens (primary N) is 2. The topological polar surface area (TPSA) is 95.2 Å². The Morgan fingerprint density at radius 1 is 1.39 bits per heavy atom. The van der Waals surface area contributed by atoms with E-state index in [2.05, 4.69) is 0 Å². The minimum atomic E-state index is -0.544. The van der Waals surface area contributed by atoms with Gasteiger partial charge in [-0.25, -0.2) is 4.39 Å². The molecule has 0 aliphatic carbocycles. The van der Waals surface area contributed by atoms with E-state index in [0.29, 0.717) is 13.0 Å². The molecule has 4 N–H and O–H groups in total. The fourth-order valence-corrected chi connectivity index (χ4v) is 1.65. The zero-order valence-corrected chi connectivity index (χ0v) is 10.7. The van der Waals surface area contributed by atoms with Crippen LogP contribution in [0, 0.1) is 15.9 Å². The third-order valence-electron chi connectivity index (χ3n) is 2.55. The summed E-state index contributed by atoms with van der Waals surface area (Å²) in [7, 11) is 0. The van der Waals surface area contributed by atoms with Gasteiger partial charge < -0.3 is 11.5 Å². The molecule has 0 saturated heterocycles. The zero-order chi connectivity index (χ0) is 12.8. The lowest BCUT2D eigenvalue weighted by molar-refractivity contribution is -0.385. The lowest BCUT2D eigenvalue weighted by Gasteiger charge is -2.12. The van der Waals surface area contributed by atoms with Crippen molar-refractivity contribution in [2.75, 3.05) is 6.54 Å². The fraction of sp³-hybridized carbons (Fsp3) is 0.455. The number of nitrogens with zero attached hydrogens (tertiary/aromatic N) is 1. The van der Waals surface area contributed by atoms with Crippen molar-refractivity contribution in [3.05, 3.63) is 39.7 Å². The van der Waals surface area contributed by atoms with Gasteiger partial charge >= 0.3 is 0 Å². The van der Waals surface area contributed by atoms with Crippen molar-refractivity contribution in [1.29, 1.82) is 0 Å². The lowest BCUT2D eigenvalue weighted by Crippen LogP contribution is -2.13. The van der Waals surface area contributed by atoms with Crippen molar-refractivity contribution in [1.82, 2.24) is 0 Å². The Kier molecular flexibility index (Phi) is 7.42. The number of unbranched alkanes of at least 4 members (excludes halogenated alkanes) is 1. The Labute approximate surface area is 111 Å². The van der Waals surface area contributed by atoms with Crippen LogP contribution in [0.25, 0.3) is 0 Å². The molecule has 0 aliphatic rings. The number of nitro benzene ring substituents is 1. The molecule has 0 fully saturated rings. The summed E-state index contributed by atoms with van der Waals surface area (Å²) in [6, 6.07) is 2.81. The molecule has 0 bridgehead atoms. The van der Waals surface area contributed by atoms with Crippen LogP contribution in [0.2, 0.25) is 0 Å². The van der Waals surface area contributed by atoms with Gasteiger partial charge in [0, 0.05) is 17.7 Å². The van der Waals surface area contributed by atoms with Crippen LogP contribution in [-0.2, 0) is 0 Å². The van der Waals surface area contributed by atoms with E-state index >= 15 is 0 Å². The summed E-state index contributed by atoms with van der Waals surface area (Å²) in [5.74, 6) is -0.514. The van der Waals surface area contributed by atoms with Gasteiger partial charge in [0.15, 0.2) is 0 Å². The molecule has 0 saturated carbocycles. The van der Waals surface area contributed by atoms with Gasteiger partial charge in [-0.3, -0.25) is 10.1 Å². The predicted molar refractivity (Wildman–Crippen MR) is 70.1 cm³/mol. The van der Waals surface area contributed by atoms with Crippen molar-refractivity contribution in [2.24, 2.45) is 11.5 Å². The summed E-state index contributed by atoms with van der Waals surface area (Å²) < 4.78 is 13.1. The van der Waals surface area contributed by atoms with Crippen LogP contribution in [0.15, 0.2) is 18.2 Å². The number of hydrogen-bond donors (Lipinski definition) is 2. The molecule has 5 nitrogen and oxygen atoms in total. The van der Waals surface area contributed by atoms with E-state index < -0.39 is 16.8 Å². The Hall–Kier alpha value is -1.24. The molecule has 7 heteroatoms. The quantitative estimate of drug-likeness (QED) is 0.474. The second kappa shape index (κ2) is 7.97. The average molecular weight is 278 g/mol. The highest BCUT2D eigenvalue weighted by Gasteiger charge is 2.19. The smallest absolute Gasteiger partial charge is 0.274 e. The van der Waals surface area contributed by atoms with Crippen LogP contribution in [0.5, 0.6) is 0 Å². The van der Waals surface area contributed by atoms with Crippen LogP contribution >= 0.6 is 12.4 Å². The first-order chi connectivity index (χ1) is 8.06. The molecule has 1 aromatic carbocycles. The second-order valence-electron chi connectivity index (χ2n) is 3.85. The Balaban J connectivity index is 0.00000289. The van der Waals surface area contributed by atoms with Crippen LogP contribution in [0.4, 0.5) is 10.1 Å². The normalized spacial score (nSPS) is 11.7. The molecule has 18 heavy (non-hydrogen) atoms. The van der Waals surface area contributed by atoms with Crippen LogP contribution in [0.3, 0.4) is 0 Å². The highest BCUT2D eigenvalue weighted by atomic mass is 35.5. The van der Waals surface area contributed by atoms with Crippen LogP contribution in [-0.4, -0.2) is 11.5 Å². The number of nitro groups is 1. The maximum atomic E-state index is 13.1. The highest BCUT2D eigenvalue weighted by molar-refractivity contribution is 5.85. The van der Waals surface area contributed by atoms with E-state index in [1.165, 1.54) is 0 Å². The van der Waals surface area contributed by atoms with Gasteiger partial charge in [-0.2, -0.15) is 0 Å². The summed E-state index contributed by atoms with van der Waals surface area (Å²) in [6.45, 7) is 0.554. The van der Waals surface area contributed by atoms with Gasteiger partial charge in [0.25, 0.3) is 5.69 Å². The van der Waals surface area contributed by atoms with E-state index in [9.17, 15) is 14.5 Å². The van der Waals surface area contributed by atoms with Crippen LogP contribution < -0.4 is 11.5 Å². The number of rotatable bonds is 6. The van der Waals surface area contributed by atoms with Gasteiger partial charge in [0.05, 0.1) is 4.92 Å². The van der Waals surface area contributed by atoms with Crippen molar-refractivity contribution < 1.29 is 9.31 Å². The van der Waals surface area contributed by atoms with Gasteiger partial charge in [-0.1, -0.05) is 6.42 Å². The third kappa shape index (κ3) is 4.56. The first-order valence-electron chi connectivity index (χ1n) is 5.45. The van der Waals surface area contributed by atoms with Gasteiger partial charge in [-0.15, -0.1) is 12.4 Å². The summed E-state index contributed by atoms with van der Waals surface area (Å²) in [5.41, 5.74) is 11.3. The minimum Gasteiger partial charge on any atom is -0.330 e. The molecule has 102 valence electrons. The van der Waals surface area contributed by atoms with Gasteiger partial charge in [-0.05, 0) is 31.5 Å². The summed E-state index contributed by atoms with van der Waals surface area (Å²) in [6.07, 6.45) is 2.13. The molecule has 1 atom stereocenters. The summed E-state index contributed by atoms with van der Waals surface area (Å²) >= 11 is 0. The molecular weight excluding hydrogens is 261 g/mol. The molecule has 0 aliphatic heterocycles. The molecule has 0 aromatic heterocycles. The standard InChI is InChI=1S/C11H16FN3O2.ClH/c12-8-4-5-11(15(16)17)9(7-8)10(14)3-1-2-6-13;/h4-5,7,10H,1-3,6,13-14H2;1H/t10-;/m0./s1. The Morgan fingerprint density at radius 3 is 2.61 bits per heavy atom. The van der Waals surface area contributed by atoms with E-state index in [-0.39, 0.29) is 23.7 Å². The maximum absolute atomic E-state index is 13.1. The first kappa shape index (κ1) is 16.8.